The van der Waals surface area contributed by atoms with E-state index in [0.717, 1.165) is 17.9 Å². The third-order valence-electron chi connectivity index (χ3n) is 3.65. The Hall–Kier alpha value is -0.340. The Morgan fingerprint density at radius 3 is 2.76 bits per heavy atom. The fourth-order valence-electron chi connectivity index (χ4n) is 2.73. The van der Waals surface area contributed by atoms with Crippen LogP contribution < -0.4 is 0 Å². The predicted octanol–water partition coefficient (Wildman–Crippen LogP) is 4.22. The number of alkyl halides is 1. The molecule has 94 valence electrons. The van der Waals surface area contributed by atoms with Crippen molar-refractivity contribution in [3.63, 3.8) is 0 Å². The molecular weight excluding hydrogens is 274 g/mol. The van der Waals surface area contributed by atoms with Crippen LogP contribution in [0, 0.1) is 0 Å². The Bertz CT molecular complexity index is 312. The standard InChI is InChI=1S/C15H22BrN/c16-11-6-10-15-9-4-5-12-17(15)13-14-7-2-1-3-8-14/h1-3,7-8,15H,4-6,9-13H2/t15-/m0/s1. The monoisotopic (exact) mass is 295 g/mol. The first-order valence-corrected chi connectivity index (χ1v) is 7.86. The van der Waals surface area contributed by atoms with Crippen molar-refractivity contribution >= 4 is 15.9 Å². The van der Waals surface area contributed by atoms with E-state index in [9.17, 15) is 0 Å². The topological polar surface area (TPSA) is 3.24 Å². The molecule has 17 heavy (non-hydrogen) atoms. The van der Waals surface area contributed by atoms with Gasteiger partial charge in [0.05, 0.1) is 0 Å². The highest BCUT2D eigenvalue weighted by Crippen LogP contribution is 2.23. The average Bonchev–Trinajstić information content (AvgIpc) is 2.39. The Kier molecular flexibility index (Phi) is 5.53. The molecule has 1 aliphatic rings. The molecule has 1 saturated heterocycles. The largest absolute Gasteiger partial charge is 0.296 e. The fourth-order valence-corrected chi connectivity index (χ4v) is 3.05. The van der Waals surface area contributed by atoms with Crippen molar-refractivity contribution in [3.8, 4) is 0 Å². The Morgan fingerprint density at radius 1 is 1.18 bits per heavy atom. The first-order chi connectivity index (χ1) is 8.40. The van der Waals surface area contributed by atoms with Gasteiger partial charge in [0.15, 0.2) is 0 Å². The van der Waals surface area contributed by atoms with Crippen LogP contribution in [0.2, 0.25) is 0 Å². The lowest BCUT2D eigenvalue weighted by Gasteiger charge is -2.35. The summed E-state index contributed by atoms with van der Waals surface area (Å²) >= 11 is 3.54. The van der Waals surface area contributed by atoms with Gasteiger partial charge in [-0.25, -0.2) is 0 Å². The highest BCUT2D eigenvalue weighted by Gasteiger charge is 2.21. The SMILES string of the molecule is BrCCC[C@@H]1CCCCN1Cc1ccccc1. The molecule has 1 heterocycles. The molecule has 0 saturated carbocycles. The van der Waals surface area contributed by atoms with Gasteiger partial charge in [-0.3, -0.25) is 4.90 Å². The zero-order chi connectivity index (χ0) is 11.9. The first kappa shape index (κ1) is 13.1. The van der Waals surface area contributed by atoms with Crippen LogP contribution in [-0.4, -0.2) is 22.8 Å². The maximum Gasteiger partial charge on any atom is 0.0236 e. The van der Waals surface area contributed by atoms with Crippen molar-refractivity contribution in [3.05, 3.63) is 35.9 Å². The quantitative estimate of drug-likeness (QED) is 0.735. The molecule has 1 aromatic rings. The Labute approximate surface area is 113 Å². The van der Waals surface area contributed by atoms with Crippen LogP contribution in [0.1, 0.15) is 37.7 Å². The molecule has 1 aliphatic heterocycles. The molecule has 1 fully saturated rings. The number of nitrogens with zero attached hydrogens (tertiary/aromatic N) is 1. The lowest BCUT2D eigenvalue weighted by atomic mass is 9.97. The van der Waals surface area contributed by atoms with Crippen LogP contribution in [0.15, 0.2) is 30.3 Å². The van der Waals surface area contributed by atoms with Gasteiger partial charge in [0.2, 0.25) is 0 Å². The van der Waals surface area contributed by atoms with Gasteiger partial charge in [0.1, 0.15) is 0 Å². The van der Waals surface area contributed by atoms with Crippen LogP contribution >= 0.6 is 15.9 Å². The lowest BCUT2D eigenvalue weighted by Crippen LogP contribution is -2.38. The van der Waals surface area contributed by atoms with E-state index in [1.165, 1.54) is 44.2 Å². The lowest BCUT2D eigenvalue weighted by molar-refractivity contribution is 0.132. The minimum atomic E-state index is 0.807. The highest BCUT2D eigenvalue weighted by atomic mass is 79.9. The number of piperidine rings is 1. The Balaban J connectivity index is 1.92. The van der Waals surface area contributed by atoms with E-state index in [-0.39, 0.29) is 0 Å². The maximum atomic E-state index is 3.54. The summed E-state index contributed by atoms with van der Waals surface area (Å²) in [6.45, 7) is 2.41. The van der Waals surface area contributed by atoms with E-state index < -0.39 is 0 Å². The predicted molar refractivity (Wildman–Crippen MR) is 77.5 cm³/mol. The van der Waals surface area contributed by atoms with Crippen molar-refractivity contribution in [2.45, 2.75) is 44.7 Å². The molecule has 1 atom stereocenters. The molecule has 0 spiro atoms. The number of likely N-dealkylation sites (tertiary alicyclic amines) is 1. The van der Waals surface area contributed by atoms with Crippen molar-refractivity contribution < 1.29 is 0 Å². The van der Waals surface area contributed by atoms with E-state index >= 15 is 0 Å². The molecular formula is C15H22BrN. The molecule has 1 aromatic carbocycles. The summed E-state index contributed by atoms with van der Waals surface area (Å²) in [6, 6.07) is 11.7. The van der Waals surface area contributed by atoms with Crippen molar-refractivity contribution in [2.75, 3.05) is 11.9 Å². The van der Waals surface area contributed by atoms with Gasteiger partial charge in [-0.05, 0) is 37.8 Å². The summed E-state index contributed by atoms with van der Waals surface area (Å²) in [5.41, 5.74) is 1.46. The average molecular weight is 296 g/mol. The van der Waals surface area contributed by atoms with Crippen molar-refractivity contribution in [2.24, 2.45) is 0 Å². The number of hydrogen-bond donors (Lipinski definition) is 0. The summed E-state index contributed by atoms with van der Waals surface area (Å²) < 4.78 is 0. The molecule has 1 nitrogen and oxygen atoms in total. The van der Waals surface area contributed by atoms with Crippen LogP contribution in [0.4, 0.5) is 0 Å². The third kappa shape index (κ3) is 4.11. The highest BCUT2D eigenvalue weighted by molar-refractivity contribution is 9.09. The first-order valence-electron chi connectivity index (χ1n) is 6.74. The van der Waals surface area contributed by atoms with Gasteiger partial charge in [0.25, 0.3) is 0 Å². The molecule has 0 N–H and O–H groups in total. The van der Waals surface area contributed by atoms with Gasteiger partial charge in [0, 0.05) is 17.9 Å². The summed E-state index contributed by atoms with van der Waals surface area (Å²) in [5.74, 6) is 0. The minimum absolute atomic E-state index is 0.807. The molecule has 0 radical (unpaired) electrons. The summed E-state index contributed by atoms with van der Waals surface area (Å²) in [6.07, 6.45) is 6.82. The molecule has 2 rings (SSSR count). The van der Waals surface area contributed by atoms with E-state index in [4.69, 9.17) is 0 Å². The van der Waals surface area contributed by atoms with Gasteiger partial charge < -0.3 is 0 Å². The van der Waals surface area contributed by atoms with E-state index in [0.29, 0.717) is 0 Å². The number of benzene rings is 1. The summed E-state index contributed by atoms with van der Waals surface area (Å²) in [7, 11) is 0. The van der Waals surface area contributed by atoms with Crippen molar-refractivity contribution in [1.29, 1.82) is 0 Å². The fraction of sp³-hybridized carbons (Fsp3) is 0.600. The second-order valence-corrected chi connectivity index (χ2v) is 5.73. The Morgan fingerprint density at radius 2 is 2.00 bits per heavy atom. The van der Waals surface area contributed by atoms with Crippen LogP contribution in [0.5, 0.6) is 0 Å². The zero-order valence-electron chi connectivity index (χ0n) is 10.4. The summed E-state index contributed by atoms with van der Waals surface area (Å²) in [5, 5.41) is 1.14. The van der Waals surface area contributed by atoms with Gasteiger partial charge in [-0.15, -0.1) is 0 Å². The van der Waals surface area contributed by atoms with Gasteiger partial charge >= 0.3 is 0 Å². The molecule has 0 aliphatic carbocycles. The van der Waals surface area contributed by atoms with Crippen LogP contribution in [0.3, 0.4) is 0 Å². The third-order valence-corrected chi connectivity index (χ3v) is 4.21. The van der Waals surface area contributed by atoms with Crippen molar-refractivity contribution in [1.82, 2.24) is 4.90 Å². The molecule has 0 unspecified atom stereocenters. The zero-order valence-corrected chi connectivity index (χ0v) is 12.0. The van der Waals surface area contributed by atoms with Crippen LogP contribution in [0.25, 0.3) is 0 Å². The normalized spacial score (nSPS) is 21.6. The molecule has 0 aromatic heterocycles. The van der Waals surface area contributed by atoms with Gasteiger partial charge in [-0.1, -0.05) is 52.7 Å². The summed E-state index contributed by atoms with van der Waals surface area (Å²) in [4.78, 5) is 2.68. The van der Waals surface area contributed by atoms with E-state index in [2.05, 4.69) is 51.2 Å². The maximum absolute atomic E-state index is 3.54. The van der Waals surface area contributed by atoms with Gasteiger partial charge in [-0.2, -0.15) is 0 Å². The number of halogens is 1. The molecule has 2 heteroatoms. The van der Waals surface area contributed by atoms with Crippen LogP contribution in [-0.2, 0) is 6.54 Å². The van der Waals surface area contributed by atoms with E-state index in [1.54, 1.807) is 0 Å². The minimum Gasteiger partial charge on any atom is -0.296 e. The number of rotatable bonds is 5. The van der Waals surface area contributed by atoms with E-state index in [1.807, 2.05) is 0 Å². The second kappa shape index (κ2) is 7.17. The number of hydrogen-bond acceptors (Lipinski definition) is 1. The smallest absolute Gasteiger partial charge is 0.0236 e. The second-order valence-electron chi connectivity index (χ2n) is 4.94. The molecule has 0 bridgehead atoms. The molecule has 0 amide bonds.